The van der Waals surface area contributed by atoms with E-state index in [1.165, 1.54) is 11.3 Å². The van der Waals surface area contributed by atoms with Gasteiger partial charge in [-0.3, -0.25) is 10.1 Å². The van der Waals surface area contributed by atoms with Crippen molar-refractivity contribution in [2.45, 2.75) is 4.90 Å². The number of carbonyl (C=O) groups excluding carboxylic acids is 1. The zero-order valence-electron chi connectivity index (χ0n) is 14.0. The molecule has 0 aliphatic carbocycles. The van der Waals surface area contributed by atoms with Gasteiger partial charge in [-0.05, 0) is 42.7 Å². The summed E-state index contributed by atoms with van der Waals surface area (Å²) in [5, 5.41) is 5.35. The van der Waals surface area contributed by atoms with Crippen molar-refractivity contribution >= 4 is 34.1 Å². The van der Waals surface area contributed by atoms with Crippen LogP contribution < -0.4 is 14.8 Å². The highest BCUT2D eigenvalue weighted by atomic mass is 32.2. The molecule has 0 atom stereocenters. The average molecular weight is 384 g/mol. The fourth-order valence-electron chi connectivity index (χ4n) is 2.60. The number of amides is 1. The number of ether oxygens (including phenoxy) is 2. The number of thiazole rings is 1. The number of aromatic nitrogens is 1. The van der Waals surface area contributed by atoms with Gasteiger partial charge in [-0.25, -0.2) is 4.98 Å². The normalized spacial score (nSPS) is 12.7. The first kappa shape index (κ1) is 16.9. The highest BCUT2D eigenvalue weighted by Gasteiger charge is 2.15. The van der Waals surface area contributed by atoms with Gasteiger partial charge in [0.25, 0.3) is 5.91 Å². The molecule has 0 saturated carbocycles. The molecule has 2 heterocycles. The van der Waals surface area contributed by atoms with E-state index in [4.69, 9.17) is 9.47 Å². The van der Waals surface area contributed by atoms with E-state index >= 15 is 0 Å². The van der Waals surface area contributed by atoms with Crippen molar-refractivity contribution in [2.24, 2.45) is 0 Å². The largest absolute Gasteiger partial charge is 0.486 e. The van der Waals surface area contributed by atoms with Gasteiger partial charge in [-0.1, -0.05) is 6.07 Å². The van der Waals surface area contributed by atoms with E-state index in [1.807, 2.05) is 48.0 Å². The molecule has 0 saturated heterocycles. The van der Waals surface area contributed by atoms with E-state index in [9.17, 15) is 4.79 Å². The SMILES string of the molecule is CSc1cccc(C(=O)Nc2nc(-c3ccc4c(c3)OCCO4)cs2)c1. The summed E-state index contributed by atoms with van der Waals surface area (Å²) in [6.07, 6.45) is 1.98. The second kappa shape index (κ2) is 7.39. The van der Waals surface area contributed by atoms with Crippen LogP contribution in [0.1, 0.15) is 10.4 Å². The number of fused-ring (bicyclic) bond motifs is 1. The first-order valence-corrected chi connectivity index (χ1v) is 10.1. The van der Waals surface area contributed by atoms with E-state index < -0.39 is 0 Å². The standard InChI is InChI=1S/C19H16N2O3S2/c1-25-14-4-2-3-13(9-14)18(22)21-19-20-15(11-26-19)12-5-6-16-17(10-12)24-8-7-23-16/h2-6,9-11H,7-8H2,1H3,(H,20,21,22). The van der Waals surface area contributed by atoms with E-state index in [-0.39, 0.29) is 5.91 Å². The first-order valence-electron chi connectivity index (χ1n) is 8.04. The third-order valence-electron chi connectivity index (χ3n) is 3.89. The Balaban J connectivity index is 1.52. The van der Waals surface area contributed by atoms with Gasteiger partial charge in [0.1, 0.15) is 13.2 Å². The molecule has 5 nitrogen and oxygen atoms in total. The van der Waals surface area contributed by atoms with Crippen LogP contribution in [0.25, 0.3) is 11.3 Å². The Hall–Kier alpha value is -2.51. The molecule has 7 heteroatoms. The molecule has 132 valence electrons. The van der Waals surface area contributed by atoms with Gasteiger partial charge in [0.15, 0.2) is 16.6 Å². The number of benzene rings is 2. The van der Waals surface area contributed by atoms with Crippen LogP contribution in [-0.2, 0) is 0 Å². The lowest BCUT2D eigenvalue weighted by atomic mass is 10.1. The molecule has 26 heavy (non-hydrogen) atoms. The van der Waals surface area contributed by atoms with Gasteiger partial charge in [-0.2, -0.15) is 0 Å². The maximum atomic E-state index is 12.4. The minimum atomic E-state index is -0.163. The van der Waals surface area contributed by atoms with Crippen molar-refractivity contribution in [3.8, 4) is 22.8 Å². The molecular formula is C19H16N2O3S2. The summed E-state index contributed by atoms with van der Waals surface area (Å²) in [5.41, 5.74) is 2.34. The Kier molecular flexibility index (Phi) is 4.81. The Morgan fingerprint density at radius 1 is 1.15 bits per heavy atom. The van der Waals surface area contributed by atoms with Gasteiger partial charge in [-0.15, -0.1) is 23.1 Å². The molecule has 0 radical (unpaired) electrons. The van der Waals surface area contributed by atoms with Crippen molar-refractivity contribution in [3.63, 3.8) is 0 Å². The fraction of sp³-hybridized carbons (Fsp3) is 0.158. The summed E-state index contributed by atoms with van der Waals surface area (Å²) in [5.74, 6) is 1.31. The van der Waals surface area contributed by atoms with Crippen LogP contribution >= 0.6 is 23.1 Å². The first-order chi connectivity index (χ1) is 12.7. The van der Waals surface area contributed by atoms with Gasteiger partial charge >= 0.3 is 0 Å². The second-order valence-electron chi connectivity index (χ2n) is 5.58. The number of nitrogens with zero attached hydrogens (tertiary/aromatic N) is 1. The average Bonchev–Trinajstić information content (AvgIpc) is 3.16. The summed E-state index contributed by atoms with van der Waals surface area (Å²) in [6, 6.07) is 13.3. The third-order valence-corrected chi connectivity index (χ3v) is 5.38. The zero-order chi connectivity index (χ0) is 17.9. The smallest absolute Gasteiger partial charge is 0.257 e. The molecule has 0 fully saturated rings. The molecule has 0 bridgehead atoms. The Morgan fingerprint density at radius 2 is 2.00 bits per heavy atom. The lowest BCUT2D eigenvalue weighted by Gasteiger charge is -2.18. The Labute approximate surface area is 159 Å². The van der Waals surface area contributed by atoms with Crippen molar-refractivity contribution in [1.82, 2.24) is 4.98 Å². The second-order valence-corrected chi connectivity index (χ2v) is 7.32. The van der Waals surface area contributed by atoms with Crippen LogP contribution in [0.2, 0.25) is 0 Å². The summed E-state index contributed by atoms with van der Waals surface area (Å²) in [6.45, 7) is 1.11. The molecule has 1 N–H and O–H groups in total. The number of hydrogen-bond acceptors (Lipinski definition) is 6. The lowest BCUT2D eigenvalue weighted by molar-refractivity contribution is 0.102. The minimum Gasteiger partial charge on any atom is -0.486 e. The van der Waals surface area contributed by atoms with Crippen molar-refractivity contribution in [1.29, 1.82) is 0 Å². The molecule has 2 aromatic carbocycles. The molecule has 1 amide bonds. The molecule has 4 rings (SSSR count). The van der Waals surface area contributed by atoms with Crippen LogP contribution in [-0.4, -0.2) is 30.4 Å². The predicted molar refractivity (Wildman–Crippen MR) is 105 cm³/mol. The van der Waals surface area contributed by atoms with Crippen LogP contribution in [0.3, 0.4) is 0 Å². The Bertz CT molecular complexity index is 955. The monoisotopic (exact) mass is 384 g/mol. The highest BCUT2D eigenvalue weighted by Crippen LogP contribution is 2.35. The van der Waals surface area contributed by atoms with E-state index in [0.29, 0.717) is 23.9 Å². The molecular weight excluding hydrogens is 368 g/mol. The molecule has 3 aromatic rings. The number of anilines is 1. The Morgan fingerprint density at radius 3 is 2.85 bits per heavy atom. The molecule has 1 aliphatic heterocycles. The molecule has 1 aliphatic rings. The predicted octanol–water partition coefficient (Wildman–Crippen LogP) is 4.56. The van der Waals surface area contributed by atoms with Gasteiger partial charge in [0.05, 0.1) is 5.69 Å². The highest BCUT2D eigenvalue weighted by molar-refractivity contribution is 7.98. The lowest BCUT2D eigenvalue weighted by Crippen LogP contribution is -2.15. The van der Waals surface area contributed by atoms with E-state index in [0.717, 1.165) is 27.7 Å². The summed E-state index contributed by atoms with van der Waals surface area (Å²) >= 11 is 3.00. The van der Waals surface area contributed by atoms with E-state index in [2.05, 4.69) is 10.3 Å². The van der Waals surface area contributed by atoms with Crippen LogP contribution in [0.4, 0.5) is 5.13 Å². The number of carbonyl (C=O) groups is 1. The number of hydrogen-bond donors (Lipinski definition) is 1. The van der Waals surface area contributed by atoms with Gasteiger partial charge in [0, 0.05) is 21.4 Å². The molecule has 0 spiro atoms. The number of rotatable bonds is 4. The number of thioether (sulfide) groups is 1. The summed E-state index contributed by atoms with van der Waals surface area (Å²) in [7, 11) is 0. The van der Waals surface area contributed by atoms with Crippen molar-refractivity contribution < 1.29 is 14.3 Å². The van der Waals surface area contributed by atoms with Gasteiger partial charge in [0.2, 0.25) is 0 Å². The van der Waals surface area contributed by atoms with Crippen LogP contribution in [0.5, 0.6) is 11.5 Å². The maximum Gasteiger partial charge on any atom is 0.257 e. The number of nitrogens with one attached hydrogen (secondary N) is 1. The fourth-order valence-corrected chi connectivity index (χ4v) is 3.77. The molecule has 1 aromatic heterocycles. The van der Waals surface area contributed by atoms with Crippen molar-refractivity contribution in [3.05, 3.63) is 53.4 Å². The zero-order valence-corrected chi connectivity index (χ0v) is 15.7. The maximum absolute atomic E-state index is 12.4. The third kappa shape index (κ3) is 3.54. The van der Waals surface area contributed by atoms with Crippen LogP contribution in [0.15, 0.2) is 52.7 Å². The summed E-state index contributed by atoms with van der Waals surface area (Å²) < 4.78 is 11.2. The summed E-state index contributed by atoms with van der Waals surface area (Å²) in [4.78, 5) is 18.0. The molecule has 0 unspecified atom stereocenters. The van der Waals surface area contributed by atoms with E-state index in [1.54, 1.807) is 17.8 Å². The quantitative estimate of drug-likeness (QED) is 0.669. The topological polar surface area (TPSA) is 60.5 Å². The van der Waals surface area contributed by atoms with Crippen LogP contribution in [0, 0.1) is 0 Å². The van der Waals surface area contributed by atoms with Gasteiger partial charge < -0.3 is 9.47 Å². The minimum absolute atomic E-state index is 0.163. The van der Waals surface area contributed by atoms with Crippen molar-refractivity contribution in [2.75, 3.05) is 24.8 Å².